The van der Waals surface area contributed by atoms with Crippen molar-refractivity contribution in [2.75, 3.05) is 52.4 Å². The van der Waals surface area contributed by atoms with Crippen molar-refractivity contribution >= 4 is 5.91 Å². The molecule has 1 amide bonds. The maximum atomic E-state index is 11.9. The van der Waals surface area contributed by atoms with Gasteiger partial charge in [0.2, 0.25) is 5.91 Å². The summed E-state index contributed by atoms with van der Waals surface area (Å²) in [4.78, 5) is 18.9. The lowest BCUT2D eigenvalue weighted by molar-refractivity contribution is -0.137. The van der Waals surface area contributed by atoms with Crippen molar-refractivity contribution in [2.45, 2.75) is 39.2 Å². The van der Waals surface area contributed by atoms with Crippen molar-refractivity contribution in [3.63, 3.8) is 0 Å². The van der Waals surface area contributed by atoms with E-state index in [1.807, 2.05) is 4.90 Å². The maximum Gasteiger partial charge on any atom is 0.222 e. The number of hydrogen-bond acceptors (Lipinski definition) is 4. The highest BCUT2D eigenvalue weighted by molar-refractivity contribution is 5.77. The number of amides is 1. The summed E-state index contributed by atoms with van der Waals surface area (Å²) in [6.07, 6.45) is 2.65. The Morgan fingerprint density at radius 3 is 2.48 bits per heavy atom. The molecule has 2 heterocycles. The van der Waals surface area contributed by atoms with Crippen molar-refractivity contribution in [1.29, 1.82) is 0 Å². The smallest absolute Gasteiger partial charge is 0.222 e. The van der Waals surface area contributed by atoms with Crippen LogP contribution in [-0.2, 0) is 4.79 Å². The highest BCUT2D eigenvalue weighted by Gasteiger charge is 2.29. The van der Waals surface area contributed by atoms with Crippen LogP contribution >= 0.6 is 0 Å². The summed E-state index contributed by atoms with van der Waals surface area (Å²) in [7, 11) is 0. The van der Waals surface area contributed by atoms with E-state index in [1.54, 1.807) is 0 Å². The molecule has 0 aromatic rings. The molecule has 0 aromatic heterocycles. The number of rotatable bonds is 6. The molecular weight excluding hydrogens is 266 g/mol. The summed E-state index contributed by atoms with van der Waals surface area (Å²) < 4.78 is 0. The summed E-state index contributed by atoms with van der Waals surface area (Å²) in [6, 6.07) is 0.329. The van der Waals surface area contributed by atoms with Gasteiger partial charge in [-0.2, -0.15) is 0 Å². The summed E-state index contributed by atoms with van der Waals surface area (Å²) in [6.45, 7) is 12.1. The van der Waals surface area contributed by atoms with Crippen molar-refractivity contribution in [3.05, 3.63) is 0 Å². The van der Waals surface area contributed by atoms with Gasteiger partial charge in [-0.15, -0.1) is 0 Å². The predicted molar refractivity (Wildman–Crippen MR) is 84.2 cm³/mol. The van der Waals surface area contributed by atoms with Gasteiger partial charge in [0.25, 0.3) is 0 Å². The van der Waals surface area contributed by atoms with E-state index in [-0.39, 0.29) is 0 Å². The molecule has 2 rings (SSSR count). The first kappa shape index (κ1) is 16.7. The molecule has 2 aliphatic rings. The Morgan fingerprint density at radius 1 is 1.19 bits per heavy atom. The molecule has 0 bridgehead atoms. The zero-order valence-corrected chi connectivity index (χ0v) is 13.6. The zero-order valence-electron chi connectivity index (χ0n) is 13.6. The first-order chi connectivity index (χ1) is 10.1. The van der Waals surface area contributed by atoms with E-state index in [0.717, 1.165) is 65.1 Å². The van der Waals surface area contributed by atoms with Crippen molar-refractivity contribution in [1.82, 2.24) is 14.7 Å². The monoisotopic (exact) mass is 297 g/mol. The van der Waals surface area contributed by atoms with Gasteiger partial charge in [-0.3, -0.25) is 4.79 Å². The fourth-order valence-corrected chi connectivity index (χ4v) is 3.45. The molecule has 0 saturated carbocycles. The first-order valence-electron chi connectivity index (χ1n) is 8.45. The van der Waals surface area contributed by atoms with Crippen LogP contribution in [0.2, 0.25) is 0 Å². The number of likely N-dealkylation sites (tertiary alicyclic amines) is 1. The molecule has 1 unspecified atom stereocenters. The molecule has 1 N–H and O–H groups in total. The van der Waals surface area contributed by atoms with Gasteiger partial charge in [0.05, 0.1) is 0 Å². The van der Waals surface area contributed by atoms with Gasteiger partial charge in [-0.05, 0) is 32.6 Å². The van der Waals surface area contributed by atoms with Crippen LogP contribution in [0.5, 0.6) is 0 Å². The number of piperazine rings is 1. The molecule has 0 aliphatic carbocycles. The Hall–Kier alpha value is -0.650. The number of piperidine rings is 1. The number of carbonyl (C=O) groups excluding carboxylic acids is 1. The van der Waals surface area contributed by atoms with E-state index in [4.69, 9.17) is 5.11 Å². The number of nitrogens with zero attached hydrogens (tertiary/aromatic N) is 3. The quantitative estimate of drug-likeness (QED) is 0.781. The summed E-state index contributed by atoms with van der Waals surface area (Å²) in [5, 5.41) is 8.89. The number of aliphatic hydroxyl groups excluding tert-OH is 1. The molecule has 0 aromatic carbocycles. The first-order valence-corrected chi connectivity index (χ1v) is 8.45. The molecule has 2 aliphatic heterocycles. The third kappa shape index (κ3) is 4.94. The van der Waals surface area contributed by atoms with E-state index in [2.05, 4.69) is 23.6 Å². The molecular formula is C16H31N3O2. The third-order valence-corrected chi connectivity index (χ3v) is 4.78. The third-order valence-electron chi connectivity index (χ3n) is 4.78. The highest BCUT2D eigenvalue weighted by Crippen LogP contribution is 2.21. The molecule has 2 fully saturated rings. The zero-order chi connectivity index (χ0) is 15.2. The lowest BCUT2D eigenvalue weighted by Crippen LogP contribution is -2.51. The largest absolute Gasteiger partial charge is 0.396 e. The van der Waals surface area contributed by atoms with Gasteiger partial charge in [0.1, 0.15) is 0 Å². The van der Waals surface area contributed by atoms with Crippen molar-refractivity contribution < 1.29 is 9.90 Å². The van der Waals surface area contributed by atoms with Crippen LogP contribution in [0.15, 0.2) is 0 Å². The minimum absolute atomic E-state index is 0.293. The Morgan fingerprint density at radius 2 is 1.86 bits per heavy atom. The summed E-state index contributed by atoms with van der Waals surface area (Å²) in [5.41, 5.74) is 0. The summed E-state index contributed by atoms with van der Waals surface area (Å²) >= 11 is 0. The summed E-state index contributed by atoms with van der Waals surface area (Å²) in [5.74, 6) is 0.962. The second-order valence-corrected chi connectivity index (χ2v) is 6.76. The molecule has 122 valence electrons. The molecule has 0 spiro atoms. The molecule has 1 atom stereocenters. The van der Waals surface area contributed by atoms with Crippen LogP contribution < -0.4 is 0 Å². The average Bonchev–Trinajstić information content (AvgIpc) is 2.48. The normalized spacial score (nSPS) is 25.8. The van der Waals surface area contributed by atoms with Gasteiger partial charge >= 0.3 is 0 Å². The minimum atomic E-state index is 0.293. The van der Waals surface area contributed by atoms with E-state index in [1.165, 1.54) is 0 Å². The van der Waals surface area contributed by atoms with Crippen LogP contribution in [0.3, 0.4) is 0 Å². The molecule has 5 nitrogen and oxygen atoms in total. The standard InChI is InChI=1S/C16H31N3O2/c1-14(2)19-13-15(4-5-16(19)21)12-18-9-7-17(8-10-18)6-3-11-20/h14-15,20H,3-13H2,1-2H3. The fraction of sp³-hybridized carbons (Fsp3) is 0.938. The van der Waals surface area contributed by atoms with Crippen LogP contribution in [0.1, 0.15) is 33.1 Å². The van der Waals surface area contributed by atoms with Gasteiger partial charge in [0.15, 0.2) is 0 Å². The van der Waals surface area contributed by atoms with Crippen LogP contribution in [0.4, 0.5) is 0 Å². The molecule has 21 heavy (non-hydrogen) atoms. The Kier molecular flexibility index (Phi) is 6.45. The Bertz CT molecular complexity index is 327. The second kappa shape index (κ2) is 8.11. The predicted octanol–water partition coefficient (Wildman–Crippen LogP) is 0.633. The van der Waals surface area contributed by atoms with Crippen molar-refractivity contribution in [2.24, 2.45) is 5.92 Å². The van der Waals surface area contributed by atoms with E-state index >= 15 is 0 Å². The van der Waals surface area contributed by atoms with Gasteiger partial charge in [-0.1, -0.05) is 0 Å². The van der Waals surface area contributed by atoms with Gasteiger partial charge in [-0.25, -0.2) is 0 Å². The Balaban J connectivity index is 1.72. The molecule has 5 heteroatoms. The van der Waals surface area contributed by atoms with Crippen molar-refractivity contribution in [3.8, 4) is 0 Å². The topological polar surface area (TPSA) is 47.0 Å². The minimum Gasteiger partial charge on any atom is -0.396 e. The van der Waals surface area contributed by atoms with E-state index in [0.29, 0.717) is 24.5 Å². The van der Waals surface area contributed by atoms with Gasteiger partial charge < -0.3 is 19.8 Å². The lowest BCUT2D eigenvalue weighted by atomic mass is 9.95. The molecule has 2 saturated heterocycles. The van der Waals surface area contributed by atoms with E-state index < -0.39 is 0 Å². The van der Waals surface area contributed by atoms with Crippen LogP contribution in [-0.4, -0.2) is 84.2 Å². The fourth-order valence-electron chi connectivity index (χ4n) is 3.45. The lowest BCUT2D eigenvalue weighted by Gasteiger charge is -2.40. The van der Waals surface area contributed by atoms with Gasteiger partial charge in [0, 0.05) is 64.9 Å². The van der Waals surface area contributed by atoms with E-state index in [9.17, 15) is 4.79 Å². The Labute approximate surface area is 128 Å². The SMILES string of the molecule is CC(C)N1CC(CN2CCN(CCCO)CC2)CCC1=O. The maximum absolute atomic E-state index is 11.9. The number of aliphatic hydroxyl groups is 1. The average molecular weight is 297 g/mol. The number of carbonyl (C=O) groups is 1. The number of hydrogen-bond donors (Lipinski definition) is 1. The van der Waals surface area contributed by atoms with Crippen LogP contribution in [0.25, 0.3) is 0 Å². The highest BCUT2D eigenvalue weighted by atomic mass is 16.3. The second-order valence-electron chi connectivity index (χ2n) is 6.76. The van der Waals surface area contributed by atoms with Crippen LogP contribution in [0, 0.1) is 5.92 Å². The molecule has 0 radical (unpaired) electrons.